The van der Waals surface area contributed by atoms with E-state index in [0.717, 1.165) is 26.0 Å². The van der Waals surface area contributed by atoms with Gasteiger partial charge in [0.05, 0.1) is 18.6 Å². The summed E-state index contributed by atoms with van der Waals surface area (Å²) < 4.78 is 10.2. The molecule has 0 unspecified atom stereocenters. The average molecular weight is 247 g/mol. The molecule has 0 saturated heterocycles. The van der Waals surface area contributed by atoms with Gasteiger partial charge in [0, 0.05) is 20.3 Å². The maximum atomic E-state index is 10.8. The third-order valence-corrected chi connectivity index (χ3v) is 2.47. The summed E-state index contributed by atoms with van der Waals surface area (Å²) in [5.74, 6) is -0.770. The third kappa shape index (κ3) is 9.09. The van der Waals surface area contributed by atoms with E-state index in [1.54, 1.807) is 21.0 Å². The van der Waals surface area contributed by atoms with Crippen molar-refractivity contribution in [3.05, 3.63) is 0 Å². The first-order valence-corrected chi connectivity index (χ1v) is 6.01. The zero-order valence-electron chi connectivity index (χ0n) is 11.1. The molecule has 0 atom stereocenters. The van der Waals surface area contributed by atoms with Crippen molar-refractivity contribution in [3.63, 3.8) is 0 Å². The molecule has 5 nitrogen and oxygen atoms in total. The highest BCUT2D eigenvalue weighted by Gasteiger charge is 2.25. The Balaban J connectivity index is 3.27. The molecule has 0 heterocycles. The van der Waals surface area contributed by atoms with Gasteiger partial charge in [-0.1, -0.05) is 0 Å². The van der Waals surface area contributed by atoms with Crippen molar-refractivity contribution in [3.8, 4) is 0 Å². The number of unbranched alkanes of at least 4 members (excludes halogenated alkanes) is 1. The van der Waals surface area contributed by atoms with E-state index >= 15 is 0 Å². The van der Waals surface area contributed by atoms with Crippen LogP contribution < -0.4 is 5.32 Å². The summed E-state index contributed by atoms with van der Waals surface area (Å²) in [6.07, 6.45) is 1.97. The van der Waals surface area contributed by atoms with Crippen molar-refractivity contribution in [2.24, 2.45) is 5.41 Å². The molecule has 0 aliphatic heterocycles. The van der Waals surface area contributed by atoms with Crippen LogP contribution in [0, 0.1) is 5.41 Å². The average Bonchev–Trinajstić information content (AvgIpc) is 2.26. The molecule has 0 aromatic rings. The number of nitrogens with one attached hydrogen (secondary N) is 1. The van der Waals surface area contributed by atoms with E-state index in [1.807, 2.05) is 0 Å². The molecule has 0 spiro atoms. The molecule has 17 heavy (non-hydrogen) atoms. The van der Waals surface area contributed by atoms with E-state index in [0.29, 0.717) is 19.8 Å². The zero-order valence-corrected chi connectivity index (χ0v) is 11.1. The number of ether oxygens (including phenoxy) is 2. The third-order valence-electron chi connectivity index (χ3n) is 2.47. The van der Waals surface area contributed by atoms with Crippen molar-refractivity contribution < 1.29 is 19.4 Å². The molecule has 0 rings (SSSR count). The first kappa shape index (κ1) is 16.4. The molecule has 0 aliphatic rings. The monoisotopic (exact) mass is 247 g/mol. The summed E-state index contributed by atoms with van der Waals surface area (Å²) in [4.78, 5) is 10.8. The molecule has 0 bridgehead atoms. The van der Waals surface area contributed by atoms with E-state index < -0.39 is 11.4 Å². The number of hydrogen-bond donors (Lipinski definition) is 2. The fourth-order valence-electron chi connectivity index (χ4n) is 1.17. The van der Waals surface area contributed by atoms with Crippen LogP contribution in [0.5, 0.6) is 0 Å². The number of carboxylic acids is 1. The molecule has 0 saturated carbocycles. The van der Waals surface area contributed by atoms with E-state index in [1.165, 1.54) is 0 Å². The minimum atomic E-state index is -0.770. The fraction of sp³-hybridized carbons (Fsp3) is 0.917. The van der Waals surface area contributed by atoms with Gasteiger partial charge in [-0.25, -0.2) is 0 Å². The van der Waals surface area contributed by atoms with Gasteiger partial charge in [0.15, 0.2) is 0 Å². The van der Waals surface area contributed by atoms with Gasteiger partial charge in [-0.15, -0.1) is 0 Å². The van der Waals surface area contributed by atoms with Crippen LogP contribution in [0.15, 0.2) is 0 Å². The van der Waals surface area contributed by atoms with Crippen LogP contribution in [0.4, 0.5) is 0 Å². The second-order valence-electron chi connectivity index (χ2n) is 4.68. The van der Waals surface area contributed by atoms with Crippen LogP contribution in [0.2, 0.25) is 0 Å². The Bertz CT molecular complexity index is 207. The number of carbonyl (C=O) groups is 1. The van der Waals surface area contributed by atoms with Crippen LogP contribution in [-0.4, -0.2) is 51.1 Å². The quantitative estimate of drug-likeness (QED) is 0.536. The molecule has 2 N–H and O–H groups in total. The largest absolute Gasteiger partial charge is 0.481 e. The van der Waals surface area contributed by atoms with Gasteiger partial charge >= 0.3 is 5.97 Å². The van der Waals surface area contributed by atoms with Crippen LogP contribution >= 0.6 is 0 Å². The van der Waals surface area contributed by atoms with Gasteiger partial charge in [0.25, 0.3) is 0 Å². The van der Waals surface area contributed by atoms with Crippen LogP contribution in [-0.2, 0) is 14.3 Å². The lowest BCUT2D eigenvalue weighted by molar-refractivity contribution is -0.146. The number of carboxylic acid groups (broad SMARTS) is 1. The highest BCUT2D eigenvalue weighted by molar-refractivity contribution is 5.73. The van der Waals surface area contributed by atoms with Gasteiger partial charge < -0.3 is 19.9 Å². The predicted octanol–water partition coefficient (Wildman–Crippen LogP) is 1.13. The highest BCUT2D eigenvalue weighted by Crippen LogP contribution is 2.12. The maximum Gasteiger partial charge on any atom is 0.310 e. The predicted molar refractivity (Wildman–Crippen MR) is 66.2 cm³/mol. The molecular formula is C12H25NO4. The summed E-state index contributed by atoms with van der Waals surface area (Å²) in [5, 5.41) is 12.0. The highest BCUT2D eigenvalue weighted by atomic mass is 16.5. The van der Waals surface area contributed by atoms with Crippen molar-refractivity contribution in [2.45, 2.75) is 26.7 Å². The molecule has 0 radical (unpaired) electrons. The van der Waals surface area contributed by atoms with Gasteiger partial charge in [-0.3, -0.25) is 4.79 Å². The van der Waals surface area contributed by atoms with Crippen molar-refractivity contribution >= 4 is 5.97 Å². The number of methoxy groups -OCH3 is 1. The first-order valence-electron chi connectivity index (χ1n) is 6.01. The molecule has 0 aromatic carbocycles. The van der Waals surface area contributed by atoms with Gasteiger partial charge in [-0.05, 0) is 33.2 Å². The molecule has 0 amide bonds. The Kier molecular flexibility index (Phi) is 9.03. The Morgan fingerprint density at radius 3 is 2.53 bits per heavy atom. The van der Waals surface area contributed by atoms with Gasteiger partial charge in [-0.2, -0.15) is 0 Å². The second kappa shape index (κ2) is 9.39. The van der Waals surface area contributed by atoms with E-state index in [9.17, 15) is 4.79 Å². The topological polar surface area (TPSA) is 67.8 Å². The molecular weight excluding hydrogens is 222 g/mol. The van der Waals surface area contributed by atoms with E-state index in [4.69, 9.17) is 14.6 Å². The van der Waals surface area contributed by atoms with E-state index in [2.05, 4.69) is 5.32 Å². The van der Waals surface area contributed by atoms with Gasteiger partial charge in [0.2, 0.25) is 0 Å². The zero-order chi connectivity index (χ0) is 13.1. The summed E-state index contributed by atoms with van der Waals surface area (Å²) in [5.41, 5.74) is -0.699. The number of hydrogen-bond acceptors (Lipinski definition) is 4. The Morgan fingerprint density at radius 1 is 1.24 bits per heavy atom. The Morgan fingerprint density at radius 2 is 1.94 bits per heavy atom. The fourth-order valence-corrected chi connectivity index (χ4v) is 1.17. The SMILES string of the molecule is COCCOCCCCNCC(C)(C)C(=O)O. The number of aliphatic carboxylic acids is 1. The van der Waals surface area contributed by atoms with Crippen molar-refractivity contribution in [2.75, 3.05) is 40.0 Å². The normalized spacial score (nSPS) is 11.7. The lowest BCUT2D eigenvalue weighted by Gasteiger charge is -2.19. The smallest absolute Gasteiger partial charge is 0.310 e. The minimum Gasteiger partial charge on any atom is -0.481 e. The first-order chi connectivity index (χ1) is 8.00. The molecule has 5 heteroatoms. The van der Waals surface area contributed by atoms with E-state index in [-0.39, 0.29) is 0 Å². The summed E-state index contributed by atoms with van der Waals surface area (Å²) >= 11 is 0. The summed E-state index contributed by atoms with van der Waals surface area (Å²) in [7, 11) is 1.65. The molecule has 0 aliphatic carbocycles. The molecule has 102 valence electrons. The van der Waals surface area contributed by atoms with Crippen molar-refractivity contribution in [1.82, 2.24) is 5.32 Å². The minimum absolute atomic E-state index is 0.493. The summed E-state index contributed by atoms with van der Waals surface area (Å²) in [6, 6.07) is 0. The maximum absolute atomic E-state index is 10.8. The van der Waals surface area contributed by atoms with Crippen LogP contribution in [0.1, 0.15) is 26.7 Å². The lowest BCUT2D eigenvalue weighted by atomic mass is 9.94. The molecule has 0 aromatic heterocycles. The standard InChI is InChI=1S/C12H25NO4/c1-12(2,11(14)15)10-13-6-4-5-7-17-9-8-16-3/h13H,4-10H2,1-3H3,(H,14,15). The lowest BCUT2D eigenvalue weighted by Crippen LogP contribution is -2.36. The van der Waals surface area contributed by atoms with Crippen LogP contribution in [0.25, 0.3) is 0 Å². The Hall–Kier alpha value is -0.650. The number of rotatable bonds is 11. The summed E-state index contributed by atoms with van der Waals surface area (Å²) in [6.45, 7) is 6.75. The van der Waals surface area contributed by atoms with Crippen molar-refractivity contribution in [1.29, 1.82) is 0 Å². The molecule has 0 fully saturated rings. The van der Waals surface area contributed by atoms with Gasteiger partial charge in [0.1, 0.15) is 0 Å². The Labute approximate surface area is 103 Å². The second-order valence-corrected chi connectivity index (χ2v) is 4.68. The van der Waals surface area contributed by atoms with Crippen LogP contribution in [0.3, 0.4) is 0 Å².